The number of para-hydroxylation sites is 1. The molecule has 118 valence electrons. The molecule has 1 atom stereocenters. The fourth-order valence-electron chi connectivity index (χ4n) is 3.00. The maximum Gasteiger partial charge on any atom is 0.312 e. The fraction of sp³-hybridized carbons (Fsp3) is 0.263. The molecule has 1 amide bonds. The third kappa shape index (κ3) is 3.11. The van der Waals surface area contributed by atoms with Crippen LogP contribution in [0.15, 0.2) is 48.5 Å². The molecule has 0 aliphatic carbocycles. The summed E-state index contributed by atoms with van der Waals surface area (Å²) in [6.45, 7) is 2.25. The number of benzene rings is 2. The monoisotopic (exact) mass is 309 g/mol. The predicted molar refractivity (Wildman–Crippen MR) is 88.7 cm³/mol. The lowest BCUT2D eigenvalue weighted by Crippen LogP contribution is -2.31. The first-order valence-electron chi connectivity index (χ1n) is 7.74. The van der Waals surface area contributed by atoms with E-state index in [0.29, 0.717) is 12.8 Å². The van der Waals surface area contributed by atoms with E-state index in [1.165, 1.54) is 5.56 Å². The van der Waals surface area contributed by atoms with Crippen LogP contribution in [-0.4, -0.2) is 23.5 Å². The number of aliphatic carboxylic acids is 1. The molecular formula is C19H19NO3. The van der Waals surface area contributed by atoms with Gasteiger partial charge in [-0.2, -0.15) is 0 Å². The molecule has 0 radical (unpaired) electrons. The summed E-state index contributed by atoms with van der Waals surface area (Å²) in [5.41, 5.74) is 3.77. The van der Waals surface area contributed by atoms with Crippen LogP contribution in [0.4, 0.5) is 5.69 Å². The van der Waals surface area contributed by atoms with Gasteiger partial charge in [0.25, 0.3) is 0 Å². The Morgan fingerprint density at radius 2 is 1.83 bits per heavy atom. The zero-order chi connectivity index (χ0) is 16.4. The number of rotatable bonds is 4. The van der Waals surface area contributed by atoms with Crippen molar-refractivity contribution in [3.8, 4) is 0 Å². The van der Waals surface area contributed by atoms with Crippen molar-refractivity contribution in [3.63, 3.8) is 0 Å². The summed E-state index contributed by atoms with van der Waals surface area (Å²) in [6.07, 6.45) is 1.04. The van der Waals surface area contributed by atoms with Gasteiger partial charge in [-0.05, 0) is 30.5 Å². The van der Waals surface area contributed by atoms with Crippen molar-refractivity contribution in [2.75, 3.05) is 11.4 Å². The third-order valence-corrected chi connectivity index (χ3v) is 4.32. The Hall–Kier alpha value is -2.62. The van der Waals surface area contributed by atoms with Gasteiger partial charge in [-0.25, -0.2) is 0 Å². The molecule has 23 heavy (non-hydrogen) atoms. The molecule has 0 spiro atoms. The molecule has 0 saturated carbocycles. The maximum atomic E-state index is 12.5. The molecule has 0 aromatic heterocycles. The zero-order valence-corrected chi connectivity index (χ0v) is 13.0. The summed E-state index contributed by atoms with van der Waals surface area (Å²) in [4.78, 5) is 25.6. The maximum absolute atomic E-state index is 12.5. The normalized spacial score (nSPS) is 16.2. The molecule has 1 unspecified atom stereocenters. The van der Waals surface area contributed by atoms with Crippen molar-refractivity contribution in [3.05, 3.63) is 65.2 Å². The Bertz CT molecular complexity index is 737. The molecule has 1 aliphatic rings. The van der Waals surface area contributed by atoms with Gasteiger partial charge < -0.3 is 10.0 Å². The Kier molecular flexibility index (Phi) is 4.15. The number of aryl methyl sites for hydroxylation is 2. The van der Waals surface area contributed by atoms with E-state index in [-0.39, 0.29) is 12.5 Å². The molecule has 1 aliphatic heterocycles. The van der Waals surface area contributed by atoms with Crippen LogP contribution in [0.3, 0.4) is 0 Å². The van der Waals surface area contributed by atoms with Gasteiger partial charge in [0, 0.05) is 18.7 Å². The van der Waals surface area contributed by atoms with Crippen molar-refractivity contribution in [2.24, 2.45) is 0 Å². The SMILES string of the molecule is Cc1ccc(CCC(=O)N2CC(C(=O)O)c3ccccc32)cc1. The molecule has 2 aromatic carbocycles. The first kappa shape index (κ1) is 15.3. The van der Waals surface area contributed by atoms with Crippen LogP contribution in [0.2, 0.25) is 0 Å². The van der Waals surface area contributed by atoms with E-state index in [1.807, 2.05) is 49.4 Å². The number of amides is 1. The van der Waals surface area contributed by atoms with Crippen LogP contribution in [0, 0.1) is 6.92 Å². The molecule has 0 saturated heterocycles. The van der Waals surface area contributed by atoms with Gasteiger partial charge in [0.15, 0.2) is 0 Å². The van der Waals surface area contributed by atoms with Gasteiger partial charge in [0.2, 0.25) is 5.91 Å². The largest absolute Gasteiger partial charge is 0.481 e. The van der Waals surface area contributed by atoms with Crippen LogP contribution >= 0.6 is 0 Å². The molecule has 4 nitrogen and oxygen atoms in total. The van der Waals surface area contributed by atoms with Gasteiger partial charge in [-0.1, -0.05) is 48.0 Å². The highest BCUT2D eigenvalue weighted by Gasteiger charge is 2.35. The van der Waals surface area contributed by atoms with E-state index in [9.17, 15) is 14.7 Å². The van der Waals surface area contributed by atoms with Gasteiger partial charge in [0.1, 0.15) is 5.92 Å². The average molecular weight is 309 g/mol. The summed E-state index contributed by atoms with van der Waals surface area (Å²) in [7, 11) is 0. The van der Waals surface area contributed by atoms with Crippen molar-refractivity contribution >= 4 is 17.6 Å². The van der Waals surface area contributed by atoms with Crippen LogP contribution in [0.1, 0.15) is 29.0 Å². The van der Waals surface area contributed by atoms with E-state index >= 15 is 0 Å². The fourth-order valence-corrected chi connectivity index (χ4v) is 3.00. The Morgan fingerprint density at radius 1 is 1.13 bits per heavy atom. The molecule has 3 rings (SSSR count). The van der Waals surface area contributed by atoms with Crippen LogP contribution in [0.25, 0.3) is 0 Å². The molecule has 1 N–H and O–H groups in total. The Balaban J connectivity index is 1.73. The number of anilines is 1. The number of nitrogens with zero attached hydrogens (tertiary/aromatic N) is 1. The van der Waals surface area contributed by atoms with E-state index in [0.717, 1.165) is 16.8 Å². The van der Waals surface area contributed by atoms with Gasteiger partial charge in [-0.3, -0.25) is 9.59 Å². The molecule has 1 heterocycles. The molecular weight excluding hydrogens is 290 g/mol. The van der Waals surface area contributed by atoms with Gasteiger partial charge in [0.05, 0.1) is 0 Å². The summed E-state index contributed by atoms with van der Waals surface area (Å²) >= 11 is 0. The third-order valence-electron chi connectivity index (χ3n) is 4.32. The number of carbonyl (C=O) groups excluding carboxylic acids is 1. The number of carboxylic acid groups (broad SMARTS) is 1. The number of carbonyl (C=O) groups is 2. The highest BCUT2D eigenvalue weighted by Crippen LogP contribution is 2.36. The van der Waals surface area contributed by atoms with E-state index in [4.69, 9.17) is 0 Å². The molecule has 4 heteroatoms. The van der Waals surface area contributed by atoms with Crippen molar-refractivity contribution in [1.82, 2.24) is 0 Å². The standard InChI is InChI=1S/C19H19NO3/c1-13-6-8-14(9-7-13)10-11-18(21)20-12-16(19(22)23)15-4-2-3-5-17(15)20/h2-9,16H,10-12H2,1H3,(H,22,23). The van der Waals surface area contributed by atoms with Crippen molar-refractivity contribution in [2.45, 2.75) is 25.7 Å². The minimum absolute atomic E-state index is 0.0261. The first-order chi connectivity index (χ1) is 11.1. The van der Waals surface area contributed by atoms with Crippen LogP contribution < -0.4 is 4.90 Å². The average Bonchev–Trinajstić information content (AvgIpc) is 2.94. The highest BCUT2D eigenvalue weighted by atomic mass is 16.4. The molecule has 0 fully saturated rings. The lowest BCUT2D eigenvalue weighted by atomic mass is 10.0. The second-order valence-corrected chi connectivity index (χ2v) is 5.94. The minimum Gasteiger partial charge on any atom is -0.481 e. The lowest BCUT2D eigenvalue weighted by molar-refractivity contribution is -0.138. The zero-order valence-electron chi connectivity index (χ0n) is 13.0. The smallest absolute Gasteiger partial charge is 0.312 e. The number of hydrogen-bond acceptors (Lipinski definition) is 2. The summed E-state index contributed by atoms with van der Waals surface area (Å²) < 4.78 is 0. The van der Waals surface area contributed by atoms with E-state index < -0.39 is 11.9 Å². The highest BCUT2D eigenvalue weighted by molar-refractivity contribution is 5.99. The molecule has 2 aromatic rings. The van der Waals surface area contributed by atoms with E-state index in [2.05, 4.69) is 0 Å². The molecule has 0 bridgehead atoms. The lowest BCUT2D eigenvalue weighted by Gasteiger charge is -2.17. The van der Waals surface area contributed by atoms with Crippen LogP contribution in [0.5, 0.6) is 0 Å². The van der Waals surface area contributed by atoms with Crippen LogP contribution in [-0.2, 0) is 16.0 Å². The number of hydrogen-bond donors (Lipinski definition) is 1. The quantitative estimate of drug-likeness (QED) is 0.944. The number of carboxylic acids is 1. The summed E-state index contributed by atoms with van der Waals surface area (Å²) in [5.74, 6) is -1.54. The Labute approximate surface area is 135 Å². The Morgan fingerprint density at radius 3 is 2.52 bits per heavy atom. The topological polar surface area (TPSA) is 57.6 Å². The summed E-state index contributed by atoms with van der Waals surface area (Å²) in [6, 6.07) is 15.4. The van der Waals surface area contributed by atoms with Gasteiger partial charge in [-0.15, -0.1) is 0 Å². The number of fused-ring (bicyclic) bond motifs is 1. The van der Waals surface area contributed by atoms with Crippen molar-refractivity contribution < 1.29 is 14.7 Å². The summed E-state index contributed by atoms with van der Waals surface area (Å²) in [5, 5.41) is 9.36. The minimum atomic E-state index is -0.883. The first-order valence-corrected chi connectivity index (χ1v) is 7.74. The van der Waals surface area contributed by atoms with E-state index in [1.54, 1.807) is 11.0 Å². The van der Waals surface area contributed by atoms with Crippen molar-refractivity contribution in [1.29, 1.82) is 0 Å². The van der Waals surface area contributed by atoms with Gasteiger partial charge >= 0.3 is 5.97 Å². The second-order valence-electron chi connectivity index (χ2n) is 5.94. The predicted octanol–water partition coefficient (Wildman–Crippen LogP) is 3.14. The second kappa shape index (κ2) is 6.24.